The molecule has 2 rings (SSSR count). The van der Waals surface area contributed by atoms with Gasteiger partial charge in [-0.05, 0) is 26.0 Å². The first kappa shape index (κ1) is 15.5. The smallest absolute Gasteiger partial charge is 0.243 e. The third-order valence-electron chi connectivity index (χ3n) is 2.64. The van der Waals surface area contributed by atoms with Crippen LogP contribution in [0.25, 0.3) is 0 Å². The molecule has 7 nitrogen and oxygen atoms in total. The van der Waals surface area contributed by atoms with E-state index in [1.807, 2.05) is 0 Å². The molecule has 0 fully saturated rings. The van der Waals surface area contributed by atoms with Crippen LogP contribution in [0.3, 0.4) is 0 Å². The Hall–Kier alpha value is -1.84. The Balaban J connectivity index is 2.33. The number of rotatable bonds is 5. The van der Waals surface area contributed by atoms with Gasteiger partial charge in [-0.15, -0.1) is 0 Å². The second-order valence-electron chi connectivity index (χ2n) is 4.37. The van der Waals surface area contributed by atoms with E-state index in [2.05, 4.69) is 14.7 Å². The lowest BCUT2D eigenvalue weighted by Crippen LogP contribution is -2.29. The Morgan fingerprint density at radius 2 is 2.19 bits per heavy atom. The molecule has 0 aliphatic heterocycles. The van der Waals surface area contributed by atoms with E-state index < -0.39 is 16.1 Å². The van der Waals surface area contributed by atoms with Gasteiger partial charge in [0, 0.05) is 6.20 Å². The average molecular weight is 326 g/mol. The summed E-state index contributed by atoms with van der Waals surface area (Å²) >= 11 is 4.82. The van der Waals surface area contributed by atoms with E-state index in [-0.39, 0.29) is 21.5 Å². The van der Waals surface area contributed by atoms with Crippen LogP contribution in [0.5, 0.6) is 0 Å². The predicted octanol–water partition coefficient (Wildman–Crippen LogP) is 1.05. The molecule has 1 unspecified atom stereocenters. The Morgan fingerprint density at radius 3 is 2.76 bits per heavy atom. The Kier molecular flexibility index (Phi) is 4.35. The predicted molar refractivity (Wildman–Crippen MR) is 80.1 cm³/mol. The van der Waals surface area contributed by atoms with Gasteiger partial charge in [-0.1, -0.05) is 12.2 Å². The monoisotopic (exact) mass is 326 g/mol. The first-order chi connectivity index (χ1) is 9.81. The van der Waals surface area contributed by atoms with Crippen molar-refractivity contribution in [1.82, 2.24) is 14.7 Å². The van der Waals surface area contributed by atoms with Crippen molar-refractivity contribution >= 4 is 27.2 Å². The van der Waals surface area contributed by atoms with Crippen molar-refractivity contribution < 1.29 is 12.8 Å². The lowest BCUT2D eigenvalue weighted by Gasteiger charge is -2.13. The zero-order valence-electron chi connectivity index (χ0n) is 11.4. The molecule has 112 valence electrons. The summed E-state index contributed by atoms with van der Waals surface area (Å²) in [5.41, 5.74) is 5.55. The zero-order valence-corrected chi connectivity index (χ0v) is 13.0. The maximum absolute atomic E-state index is 12.4. The highest BCUT2D eigenvalue weighted by Gasteiger charge is 2.25. The highest BCUT2D eigenvalue weighted by atomic mass is 32.2. The number of pyridine rings is 1. The third kappa shape index (κ3) is 3.43. The van der Waals surface area contributed by atoms with E-state index in [0.29, 0.717) is 5.76 Å². The number of sulfonamides is 1. The highest BCUT2D eigenvalue weighted by Crippen LogP contribution is 2.18. The van der Waals surface area contributed by atoms with Crippen molar-refractivity contribution in [3.63, 3.8) is 0 Å². The number of aryl methyl sites for hydroxylation is 1. The summed E-state index contributed by atoms with van der Waals surface area (Å²) in [6.45, 7) is 3.35. The summed E-state index contributed by atoms with van der Waals surface area (Å²) in [7, 11) is -3.85. The second kappa shape index (κ2) is 5.88. The summed E-state index contributed by atoms with van der Waals surface area (Å²) in [5.74, 6) is 0.873. The summed E-state index contributed by atoms with van der Waals surface area (Å²) < 4.78 is 32.6. The number of hydrogen-bond donors (Lipinski definition) is 2. The van der Waals surface area contributed by atoms with Crippen LogP contribution in [0.15, 0.2) is 33.8 Å². The van der Waals surface area contributed by atoms with Crippen molar-refractivity contribution in [3.05, 3.63) is 41.9 Å². The fourth-order valence-electron chi connectivity index (χ4n) is 1.71. The van der Waals surface area contributed by atoms with Crippen LogP contribution in [-0.2, 0) is 10.0 Å². The number of thiocarbonyl (C=S) groups is 1. The van der Waals surface area contributed by atoms with E-state index in [0.717, 1.165) is 0 Å². The van der Waals surface area contributed by atoms with E-state index in [1.54, 1.807) is 13.8 Å². The quantitative estimate of drug-likeness (QED) is 0.790. The standard InChI is InChI=1S/C12H14N4O3S2/c1-7-6-15-12(19-7)8(2)16-21(17,18)9-4-3-5-14-10(9)11(13)20/h3-6,8,16H,1-2H3,(H2,13,20). The molecule has 0 bridgehead atoms. The van der Waals surface area contributed by atoms with Gasteiger partial charge in [0.05, 0.1) is 12.2 Å². The molecule has 3 N–H and O–H groups in total. The molecule has 1 atom stereocenters. The van der Waals surface area contributed by atoms with Crippen LogP contribution in [-0.4, -0.2) is 23.4 Å². The van der Waals surface area contributed by atoms with E-state index in [9.17, 15) is 8.42 Å². The Morgan fingerprint density at radius 1 is 1.48 bits per heavy atom. The minimum absolute atomic E-state index is 0.0517. The van der Waals surface area contributed by atoms with Gasteiger partial charge in [0.25, 0.3) is 0 Å². The normalized spacial score (nSPS) is 13.0. The Bertz CT molecular complexity index is 770. The molecule has 9 heteroatoms. The number of nitrogens with zero attached hydrogens (tertiary/aromatic N) is 2. The molecule has 0 saturated carbocycles. The molecular formula is C12H14N4O3S2. The molecule has 2 aromatic rings. The lowest BCUT2D eigenvalue weighted by atomic mass is 10.3. The molecule has 0 saturated heterocycles. The average Bonchev–Trinajstić information content (AvgIpc) is 2.85. The topological polar surface area (TPSA) is 111 Å². The van der Waals surface area contributed by atoms with Crippen molar-refractivity contribution in [2.45, 2.75) is 24.8 Å². The Labute approximate surface area is 127 Å². The fourth-order valence-corrected chi connectivity index (χ4v) is 3.31. The first-order valence-electron chi connectivity index (χ1n) is 6.00. The van der Waals surface area contributed by atoms with Gasteiger partial charge in [-0.2, -0.15) is 4.72 Å². The third-order valence-corrected chi connectivity index (χ3v) is 4.40. The first-order valence-corrected chi connectivity index (χ1v) is 7.90. The minimum Gasteiger partial charge on any atom is -0.444 e. The summed E-state index contributed by atoms with van der Waals surface area (Å²) in [6, 6.07) is 2.25. The van der Waals surface area contributed by atoms with Crippen molar-refractivity contribution in [2.75, 3.05) is 0 Å². The van der Waals surface area contributed by atoms with Gasteiger partial charge in [-0.25, -0.2) is 13.4 Å². The number of aromatic nitrogens is 2. The van der Waals surface area contributed by atoms with Gasteiger partial charge >= 0.3 is 0 Å². The van der Waals surface area contributed by atoms with Gasteiger partial charge in [0.1, 0.15) is 21.3 Å². The molecule has 0 aliphatic carbocycles. The molecule has 0 amide bonds. The SMILES string of the molecule is Cc1cnc(C(C)NS(=O)(=O)c2cccnc2C(N)=S)o1. The second-order valence-corrected chi connectivity index (χ2v) is 6.49. The largest absolute Gasteiger partial charge is 0.444 e. The molecule has 2 heterocycles. The van der Waals surface area contributed by atoms with Crippen molar-refractivity contribution in [1.29, 1.82) is 0 Å². The summed E-state index contributed by atoms with van der Waals surface area (Å²) in [4.78, 5) is 7.73. The molecule has 21 heavy (non-hydrogen) atoms. The molecule has 2 aromatic heterocycles. The van der Waals surface area contributed by atoms with Gasteiger partial charge < -0.3 is 10.2 Å². The molecule has 0 spiro atoms. The van der Waals surface area contributed by atoms with E-state index >= 15 is 0 Å². The van der Waals surface area contributed by atoms with Gasteiger partial charge in [-0.3, -0.25) is 4.98 Å². The molecular weight excluding hydrogens is 312 g/mol. The minimum atomic E-state index is -3.85. The summed E-state index contributed by atoms with van der Waals surface area (Å²) in [6.07, 6.45) is 2.94. The van der Waals surface area contributed by atoms with Crippen molar-refractivity contribution in [3.8, 4) is 0 Å². The maximum atomic E-state index is 12.4. The van der Waals surface area contributed by atoms with Crippen molar-refractivity contribution in [2.24, 2.45) is 5.73 Å². The molecule has 0 radical (unpaired) electrons. The number of nitrogens with one attached hydrogen (secondary N) is 1. The van der Waals surface area contributed by atoms with E-state index in [1.165, 1.54) is 24.5 Å². The molecule has 0 aromatic carbocycles. The fraction of sp³-hybridized carbons (Fsp3) is 0.250. The maximum Gasteiger partial charge on any atom is 0.243 e. The van der Waals surface area contributed by atoms with Crippen LogP contribution >= 0.6 is 12.2 Å². The number of hydrogen-bond acceptors (Lipinski definition) is 6. The van der Waals surface area contributed by atoms with Crippen LogP contribution in [0, 0.1) is 6.92 Å². The van der Waals surface area contributed by atoms with E-state index in [4.69, 9.17) is 22.4 Å². The van der Waals surface area contributed by atoms with Gasteiger partial charge in [0.15, 0.2) is 0 Å². The van der Waals surface area contributed by atoms with Crippen LogP contribution in [0.2, 0.25) is 0 Å². The number of nitrogens with two attached hydrogens (primary N) is 1. The zero-order chi connectivity index (χ0) is 15.6. The van der Waals surface area contributed by atoms with Crippen LogP contribution in [0.4, 0.5) is 0 Å². The molecule has 0 aliphatic rings. The highest BCUT2D eigenvalue weighted by molar-refractivity contribution is 7.89. The van der Waals surface area contributed by atoms with Gasteiger partial charge in [0.2, 0.25) is 15.9 Å². The number of oxazole rings is 1. The lowest BCUT2D eigenvalue weighted by molar-refractivity contribution is 0.427. The van der Waals surface area contributed by atoms with Crippen LogP contribution in [0.1, 0.15) is 30.3 Å². The summed E-state index contributed by atoms with van der Waals surface area (Å²) in [5, 5.41) is 0. The van der Waals surface area contributed by atoms with Crippen LogP contribution < -0.4 is 10.5 Å².